The van der Waals surface area contributed by atoms with Crippen molar-refractivity contribution in [1.82, 2.24) is 9.97 Å². The van der Waals surface area contributed by atoms with Crippen LogP contribution >= 0.6 is 11.8 Å². The Kier molecular flexibility index (Phi) is 4.97. The van der Waals surface area contributed by atoms with Gasteiger partial charge in [-0.2, -0.15) is 0 Å². The summed E-state index contributed by atoms with van der Waals surface area (Å²) in [6.45, 7) is 4.35. The third kappa shape index (κ3) is 3.69. The van der Waals surface area contributed by atoms with Gasteiger partial charge in [-0.1, -0.05) is 37.3 Å². The van der Waals surface area contributed by atoms with Crippen LogP contribution < -0.4 is 4.90 Å². The van der Waals surface area contributed by atoms with Gasteiger partial charge in [0, 0.05) is 23.9 Å². The van der Waals surface area contributed by atoms with Crippen molar-refractivity contribution >= 4 is 28.7 Å². The van der Waals surface area contributed by atoms with Crippen LogP contribution in [0, 0.1) is 0 Å². The Morgan fingerprint density at radius 2 is 2.08 bits per heavy atom. The molecule has 1 unspecified atom stereocenters. The normalized spacial score (nSPS) is 18.0. The molecule has 0 saturated carbocycles. The maximum atomic E-state index is 4.85. The topological polar surface area (TPSA) is 31.9 Å². The quantitative estimate of drug-likeness (QED) is 0.620. The number of fused-ring (bicyclic) bond motifs is 1. The van der Waals surface area contributed by atoms with Crippen molar-refractivity contribution in [1.29, 1.82) is 0 Å². The van der Waals surface area contributed by atoms with E-state index in [2.05, 4.69) is 65.3 Å². The number of thioether (sulfide) groups is 1. The van der Waals surface area contributed by atoms with Crippen molar-refractivity contribution in [2.75, 3.05) is 23.7 Å². The molecule has 0 amide bonds. The van der Waals surface area contributed by atoms with Gasteiger partial charge in [0.2, 0.25) is 5.95 Å². The molecule has 3 nitrogen and oxygen atoms in total. The summed E-state index contributed by atoms with van der Waals surface area (Å²) in [7, 11) is 0. The van der Waals surface area contributed by atoms with Crippen molar-refractivity contribution in [3.63, 3.8) is 0 Å². The number of H-pyrrole nitrogens is 1. The van der Waals surface area contributed by atoms with Crippen LogP contribution in [0.25, 0.3) is 11.0 Å². The van der Waals surface area contributed by atoms with Gasteiger partial charge in [-0.05, 0) is 48.8 Å². The van der Waals surface area contributed by atoms with E-state index >= 15 is 0 Å². The van der Waals surface area contributed by atoms with E-state index in [9.17, 15) is 0 Å². The summed E-state index contributed by atoms with van der Waals surface area (Å²) in [5, 5.41) is 0. The predicted octanol–water partition coefficient (Wildman–Crippen LogP) is 5.45. The third-order valence-corrected chi connectivity index (χ3v) is 6.11. The smallest absolute Gasteiger partial charge is 0.203 e. The lowest BCUT2D eigenvalue weighted by Gasteiger charge is -2.32. The number of aromatic nitrogens is 2. The molecule has 1 fully saturated rings. The first-order chi connectivity index (χ1) is 12.3. The molecule has 0 radical (unpaired) electrons. The Labute approximate surface area is 153 Å². The predicted molar refractivity (Wildman–Crippen MR) is 108 cm³/mol. The first-order valence-electron chi connectivity index (χ1n) is 9.26. The highest BCUT2D eigenvalue weighted by molar-refractivity contribution is 7.99. The summed E-state index contributed by atoms with van der Waals surface area (Å²) in [4.78, 5) is 12.1. The summed E-state index contributed by atoms with van der Waals surface area (Å²) < 4.78 is 0. The SMILES string of the molecule is CCCSc1ccc2nc(N3CCCC(c4ccccc4)C3)[nH]c2c1. The van der Waals surface area contributed by atoms with E-state index < -0.39 is 0 Å². The molecule has 2 heterocycles. The maximum absolute atomic E-state index is 4.85. The molecule has 4 heteroatoms. The first kappa shape index (κ1) is 16.5. The minimum atomic E-state index is 0.596. The molecule has 2 aromatic carbocycles. The fraction of sp³-hybridized carbons (Fsp3) is 0.381. The Morgan fingerprint density at radius 3 is 2.92 bits per heavy atom. The number of imidazole rings is 1. The number of nitrogens with zero attached hydrogens (tertiary/aromatic N) is 2. The molecule has 130 valence electrons. The van der Waals surface area contributed by atoms with Crippen molar-refractivity contribution < 1.29 is 0 Å². The van der Waals surface area contributed by atoms with Gasteiger partial charge >= 0.3 is 0 Å². The van der Waals surface area contributed by atoms with Crippen molar-refractivity contribution in [2.24, 2.45) is 0 Å². The zero-order valence-electron chi connectivity index (χ0n) is 14.7. The molecule has 1 aliphatic heterocycles. The summed E-state index contributed by atoms with van der Waals surface area (Å²) >= 11 is 1.92. The van der Waals surface area contributed by atoms with Crippen LogP contribution in [0.15, 0.2) is 53.4 Å². The molecule has 4 rings (SSSR count). The average molecular weight is 352 g/mol. The van der Waals surface area contributed by atoms with Crippen LogP contribution in [-0.2, 0) is 0 Å². The number of hydrogen-bond acceptors (Lipinski definition) is 3. The van der Waals surface area contributed by atoms with Gasteiger partial charge in [-0.3, -0.25) is 0 Å². The Morgan fingerprint density at radius 1 is 1.20 bits per heavy atom. The zero-order valence-corrected chi connectivity index (χ0v) is 15.6. The van der Waals surface area contributed by atoms with E-state index in [-0.39, 0.29) is 0 Å². The number of anilines is 1. The second-order valence-corrected chi connectivity index (χ2v) is 7.95. The molecule has 0 spiro atoms. The lowest BCUT2D eigenvalue weighted by molar-refractivity contribution is 0.505. The fourth-order valence-corrected chi connectivity index (χ4v) is 4.41. The number of piperidine rings is 1. The molecule has 3 aromatic rings. The number of benzene rings is 2. The standard InChI is InChI=1S/C21H25N3S/c1-2-13-25-18-10-11-19-20(14-18)23-21(22-19)24-12-6-9-17(15-24)16-7-4-3-5-8-16/h3-5,7-8,10-11,14,17H,2,6,9,12-13,15H2,1H3,(H,22,23). The average Bonchev–Trinajstić information content (AvgIpc) is 3.10. The van der Waals surface area contributed by atoms with E-state index in [1.165, 1.54) is 29.7 Å². The summed E-state index contributed by atoms with van der Waals surface area (Å²) in [5.74, 6) is 2.78. The molecular weight excluding hydrogens is 326 g/mol. The summed E-state index contributed by atoms with van der Waals surface area (Å²) in [5.41, 5.74) is 3.66. The second-order valence-electron chi connectivity index (χ2n) is 6.78. The molecule has 25 heavy (non-hydrogen) atoms. The van der Waals surface area contributed by atoms with Gasteiger partial charge in [-0.15, -0.1) is 11.8 Å². The lowest BCUT2D eigenvalue weighted by Crippen LogP contribution is -2.35. The Bertz CT molecular complexity index is 828. The largest absolute Gasteiger partial charge is 0.342 e. The second kappa shape index (κ2) is 7.52. The van der Waals surface area contributed by atoms with Crippen molar-refractivity contribution in [3.05, 3.63) is 54.1 Å². The van der Waals surface area contributed by atoms with E-state index in [4.69, 9.17) is 4.98 Å². The minimum Gasteiger partial charge on any atom is -0.342 e. The van der Waals surface area contributed by atoms with Gasteiger partial charge in [0.15, 0.2) is 0 Å². The maximum Gasteiger partial charge on any atom is 0.203 e. The Hall–Kier alpha value is -1.94. The van der Waals surface area contributed by atoms with E-state index in [1.54, 1.807) is 0 Å². The minimum absolute atomic E-state index is 0.596. The highest BCUT2D eigenvalue weighted by Gasteiger charge is 2.23. The highest BCUT2D eigenvalue weighted by Crippen LogP contribution is 2.30. The van der Waals surface area contributed by atoms with E-state index in [1.807, 2.05) is 11.8 Å². The van der Waals surface area contributed by atoms with Crippen LogP contribution in [0.3, 0.4) is 0 Å². The monoisotopic (exact) mass is 351 g/mol. The van der Waals surface area contributed by atoms with Gasteiger partial charge in [0.25, 0.3) is 0 Å². The third-order valence-electron chi connectivity index (χ3n) is 4.91. The number of nitrogens with one attached hydrogen (secondary N) is 1. The van der Waals surface area contributed by atoms with Gasteiger partial charge in [-0.25, -0.2) is 4.98 Å². The molecule has 1 aliphatic rings. The van der Waals surface area contributed by atoms with Crippen LogP contribution in [0.2, 0.25) is 0 Å². The van der Waals surface area contributed by atoms with Gasteiger partial charge in [0.1, 0.15) is 0 Å². The molecule has 1 saturated heterocycles. The molecule has 1 N–H and O–H groups in total. The van der Waals surface area contributed by atoms with Crippen LogP contribution in [-0.4, -0.2) is 28.8 Å². The number of aromatic amines is 1. The molecule has 0 bridgehead atoms. The first-order valence-corrected chi connectivity index (χ1v) is 10.2. The number of hydrogen-bond donors (Lipinski definition) is 1. The zero-order chi connectivity index (χ0) is 17.1. The highest BCUT2D eigenvalue weighted by atomic mass is 32.2. The van der Waals surface area contributed by atoms with Crippen LogP contribution in [0.4, 0.5) is 5.95 Å². The van der Waals surface area contributed by atoms with E-state index in [0.29, 0.717) is 5.92 Å². The molecular formula is C21H25N3S. The molecule has 1 atom stereocenters. The van der Waals surface area contributed by atoms with Crippen molar-refractivity contribution in [3.8, 4) is 0 Å². The fourth-order valence-electron chi connectivity index (χ4n) is 3.60. The summed E-state index contributed by atoms with van der Waals surface area (Å²) in [6.07, 6.45) is 3.68. The number of rotatable bonds is 5. The van der Waals surface area contributed by atoms with Crippen LogP contribution in [0.5, 0.6) is 0 Å². The summed E-state index contributed by atoms with van der Waals surface area (Å²) in [6, 6.07) is 17.5. The van der Waals surface area contributed by atoms with Crippen LogP contribution in [0.1, 0.15) is 37.7 Å². The Balaban J connectivity index is 1.54. The van der Waals surface area contributed by atoms with Gasteiger partial charge < -0.3 is 9.88 Å². The molecule has 1 aromatic heterocycles. The van der Waals surface area contributed by atoms with E-state index in [0.717, 1.165) is 35.8 Å². The van der Waals surface area contributed by atoms with Crippen molar-refractivity contribution in [2.45, 2.75) is 37.0 Å². The molecule has 0 aliphatic carbocycles. The van der Waals surface area contributed by atoms with Gasteiger partial charge in [0.05, 0.1) is 11.0 Å². The lowest BCUT2D eigenvalue weighted by atomic mass is 9.91.